The van der Waals surface area contributed by atoms with Crippen LogP contribution < -0.4 is 5.32 Å². The van der Waals surface area contributed by atoms with E-state index in [9.17, 15) is 13.2 Å². The van der Waals surface area contributed by atoms with E-state index in [0.717, 1.165) is 18.4 Å². The van der Waals surface area contributed by atoms with E-state index in [0.29, 0.717) is 12.8 Å². The normalized spacial score (nSPS) is 12.7. The maximum absolute atomic E-state index is 12.1. The molecule has 6 heteroatoms. The van der Waals surface area contributed by atoms with Crippen molar-refractivity contribution in [2.75, 3.05) is 14.1 Å². The average Bonchev–Trinajstić information content (AvgIpc) is 2.66. The fourth-order valence-corrected chi connectivity index (χ4v) is 3.65. The van der Waals surface area contributed by atoms with Crippen molar-refractivity contribution in [2.45, 2.75) is 43.5 Å². The van der Waals surface area contributed by atoms with Gasteiger partial charge in [-0.05, 0) is 49.4 Å². The van der Waals surface area contributed by atoms with Gasteiger partial charge in [0, 0.05) is 26.6 Å². The number of carbonyl (C=O) groups is 1. The number of amides is 1. The van der Waals surface area contributed by atoms with E-state index in [4.69, 9.17) is 0 Å². The maximum Gasteiger partial charge on any atom is 0.242 e. The number of hydrogen-bond donors (Lipinski definition) is 1. The molecule has 2 aromatic carbocycles. The molecule has 0 spiro atoms. The molecule has 0 aliphatic heterocycles. The second kappa shape index (κ2) is 9.67. The zero-order valence-electron chi connectivity index (χ0n) is 16.2. The molecular weight excluding hydrogens is 360 g/mol. The molecule has 0 unspecified atom stereocenters. The van der Waals surface area contributed by atoms with Gasteiger partial charge >= 0.3 is 0 Å². The standard InChI is InChI=1S/C21H28N2O3S/c1-17(9-10-18-7-5-4-6-8-18)22-21(24)16-13-19-11-14-20(15-12-19)27(25,26)23(2)3/h4-8,11-12,14-15,17H,9-10,13,16H2,1-3H3,(H,22,24)/t17-/m0/s1. The van der Waals surface area contributed by atoms with Gasteiger partial charge in [0.25, 0.3) is 0 Å². The van der Waals surface area contributed by atoms with Crippen molar-refractivity contribution in [3.63, 3.8) is 0 Å². The smallest absolute Gasteiger partial charge is 0.242 e. The molecule has 2 rings (SSSR count). The lowest BCUT2D eigenvalue weighted by Crippen LogP contribution is -2.33. The second-order valence-electron chi connectivity index (χ2n) is 6.92. The SMILES string of the molecule is C[C@@H](CCc1ccccc1)NC(=O)CCc1ccc(S(=O)(=O)N(C)C)cc1. The number of hydrogen-bond acceptors (Lipinski definition) is 3. The Balaban J connectivity index is 1.78. The van der Waals surface area contributed by atoms with Gasteiger partial charge < -0.3 is 5.32 Å². The predicted molar refractivity (Wildman–Crippen MR) is 108 cm³/mol. The number of sulfonamides is 1. The predicted octanol–water partition coefficient (Wildman–Crippen LogP) is 3.01. The van der Waals surface area contributed by atoms with Crippen molar-refractivity contribution >= 4 is 15.9 Å². The third-order valence-corrected chi connectivity index (χ3v) is 6.29. The van der Waals surface area contributed by atoms with Crippen LogP contribution in [0.3, 0.4) is 0 Å². The van der Waals surface area contributed by atoms with Crippen LogP contribution in [0, 0.1) is 0 Å². The minimum Gasteiger partial charge on any atom is -0.354 e. The van der Waals surface area contributed by atoms with Crippen LogP contribution in [0.25, 0.3) is 0 Å². The lowest BCUT2D eigenvalue weighted by Gasteiger charge is -2.14. The molecule has 0 saturated heterocycles. The van der Waals surface area contributed by atoms with Crippen LogP contribution in [0.5, 0.6) is 0 Å². The Hall–Kier alpha value is -2.18. The summed E-state index contributed by atoms with van der Waals surface area (Å²) in [6, 6.07) is 17.0. The Morgan fingerprint density at radius 3 is 2.15 bits per heavy atom. The third-order valence-electron chi connectivity index (χ3n) is 4.46. The Kier molecular flexibility index (Phi) is 7.56. The van der Waals surface area contributed by atoms with Crippen molar-refractivity contribution in [1.82, 2.24) is 9.62 Å². The summed E-state index contributed by atoms with van der Waals surface area (Å²) in [5.41, 5.74) is 2.21. The van der Waals surface area contributed by atoms with E-state index in [1.807, 2.05) is 25.1 Å². The molecular formula is C21H28N2O3S. The Morgan fingerprint density at radius 2 is 1.56 bits per heavy atom. The fourth-order valence-electron chi connectivity index (χ4n) is 2.74. The van der Waals surface area contributed by atoms with E-state index in [1.165, 1.54) is 24.0 Å². The molecule has 0 radical (unpaired) electrons. The van der Waals surface area contributed by atoms with Crippen LogP contribution in [0.2, 0.25) is 0 Å². The number of nitrogens with zero attached hydrogens (tertiary/aromatic N) is 1. The number of carbonyl (C=O) groups excluding carboxylic acids is 1. The lowest BCUT2D eigenvalue weighted by molar-refractivity contribution is -0.121. The van der Waals surface area contributed by atoms with Crippen molar-refractivity contribution < 1.29 is 13.2 Å². The van der Waals surface area contributed by atoms with Crippen LogP contribution in [0.15, 0.2) is 59.5 Å². The van der Waals surface area contributed by atoms with E-state index >= 15 is 0 Å². The number of benzene rings is 2. The van der Waals surface area contributed by atoms with Crippen LogP contribution in [0.1, 0.15) is 30.9 Å². The quantitative estimate of drug-likeness (QED) is 0.718. The number of rotatable bonds is 9. The topological polar surface area (TPSA) is 66.5 Å². The summed E-state index contributed by atoms with van der Waals surface area (Å²) in [5.74, 6) is 0.0144. The van der Waals surface area contributed by atoms with E-state index in [2.05, 4.69) is 17.4 Å². The highest BCUT2D eigenvalue weighted by Crippen LogP contribution is 2.15. The lowest BCUT2D eigenvalue weighted by atomic mass is 10.1. The van der Waals surface area contributed by atoms with Crippen molar-refractivity contribution in [2.24, 2.45) is 0 Å². The molecule has 146 valence electrons. The van der Waals surface area contributed by atoms with Crippen molar-refractivity contribution in [3.05, 3.63) is 65.7 Å². The first-order chi connectivity index (χ1) is 12.8. The Morgan fingerprint density at radius 1 is 0.963 bits per heavy atom. The van der Waals surface area contributed by atoms with Crippen LogP contribution in [0.4, 0.5) is 0 Å². The van der Waals surface area contributed by atoms with Gasteiger partial charge in [0.05, 0.1) is 4.90 Å². The zero-order chi connectivity index (χ0) is 19.9. The Bertz CT molecular complexity index is 831. The summed E-state index contributed by atoms with van der Waals surface area (Å²) in [7, 11) is -0.403. The van der Waals surface area contributed by atoms with E-state index in [1.54, 1.807) is 24.3 Å². The van der Waals surface area contributed by atoms with Gasteiger partial charge in [-0.3, -0.25) is 4.79 Å². The van der Waals surface area contributed by atoms with Crippen LogP contribution in [-0.4, -0.2) is 38.8 Å². The number of nitrogens with one attached hydrogen (secondary N) is 1. The minimum atomic E-state index is -3.42. The van der Waals surface area contributed by atoms with Gasteiger partial charge in [0.2, 0.25) is 15.9 Å². The van der Waals surface area contributed by atoms with Gasteiger partial charge in [0.1, 0.15) is 0 Å². The van der Waals surface area contributed by atoms with Gasteiger partial charge in [-0.2, -0.15) is 0 Å². The zero-order valence-corrected chi connectivity index (χ0v) is 17.0. The molecule has 0 heterocycles. The van der Waals surface area contributed by atoms with Crippen LogP contribution >= 0.6 is 0 Å². The monoisotopic (exact) mass is 388 g/mol. The van der Waals surface area contributed by atoms with Gasteiger partial charge in [-0.15, -0.1) is 0 Å². The molecule has 5 nitrogen and oxygen atoms in total. The highest BCUT2D eigenvalue weighted by atomic mass is 32.2. The molecule has 0 saturated carbocycles. The summed E-state index contributed by atoms with van der Waals surface area (Å²) < 4.78 is 25.3. The highest BCUT2D eigenvalue weighted by Gasteiger charge is 2.16. The molecule has 0 aliphatic carbocycles. The first kappa shape index (κ1) is 21.1. The third kappa shape index (κ3) is 6.48. The second-order valence-corrected chi connectivity index (χ2v) is 9.08. The van der Waals surface area contributed by atoms with Crippen LogP contribution in [-0.2, 0) is 27.7 Å². The molecule has 2 aromatic rings. The summed E-state index contributed by atoms with van der Waals surface area (Å²) in [4.78, 5) is 12.4. The summed E-state index contributed by atoms with van der Waals surface area (Å²) in [6.07, 6.45) is 2.80. The van der Waals surface area contributed by atoms with E-state index in [-0.39, 0.29) is 16.8 Å². The molecule has 0 bridgehead atoms. The van der Waals surface area contributed by atoms with Gasteiger partial charge in [0.15, 0.2) is 0 Å². The Labute approximate surface area is 162 Å². The first-order valence-electron chi connectivity index (χ1n) is 9.14. The van der Waals surface area contributed by atoms with E-state index < -0.39 is 10.0 Å². The first-order valence-corrected chi connectivity index (χ1v) is 10.6. The maximum atomic E-state index is 12.1. The molecule has 1 N–H and O–H groups in total. The summed E-state index contributed by atoms with van der Waals surface area (Å²) >= 11 is 0. The summed E-state index contributed by atoms with van der Waals surface area (Å²) in [6.45, 7) is 2.02. The minimum absolute atomic E-state index is 0.0144. The van der Waals surface area contributed by atoms with Crippen molar-refractivity contribution in [3.8, 4) is 0 Å². The average molecular weight is 389 g/mol. The fraction of sp³-hybridized carbons (Fsp3) is 0.381. The van der Waals surface area contributed by atoms with Crippen molar-refractivity contribution in [1.29, 1.82) is 0 Å². The highest BCUT2D eigenvalue weighted by molar-refractivity contribution is 7.89. The molecule has 1 amide bonds. The van der Waals surface area contributed by atoms with Gasteiger partial charge in [-0.1, -0.05) is 42.5 Å². The molecule has 27 heavy (non-hydrogen) atoms. The summed E-state index contributed by atoms with van der Waals surface area (Å²) in [5, 5.41) is 3.03. The molecule has 1 atom stereocenters. The largest absolute Gasteiger partial charge is 0.354 e. The van der Waals surface area contributed by atoms with Gasteiger partial charge in [-0.25, -0.2) is 12.7 Å². The number of aryl methyl sites for hydroxylation is 2. The molecule has 0 aromatic heterocycles. The molecule has 0 fully saturated rings. The molecule has 0 aliphatic rings.